The summed E-state index contributed by atoms with van der Waals surface area (Å²) in [5.74, 6) is 0.532. The van der Waals surface area contributed by atoms with E-state index in [9.17, 15) is 10.1 Å². The third-order valence-electron chi connectivity index (χ3n) is 7.00. The van der Waals surface area contributed by atoms with Crippen LogP contribution in [0.15, 0.2) is 61.1 Å². The molecule has 0 aliphatic carbocycles. The number of piperidine rings is 1. The average Bonchev–Trinajstić information content (AvgIpc) is 3.44. The second kappa shape index (κ2) is 11.2. The highest BCUT2D eigenvalue weighted by Crippen LogP contribution is 2.29. The van der Waals surface area contributed by atoms with Gasteiger partial charge in [0.2, 0.25) is 11.9 Å². The molecule has 39 heavy (non-hydrogen) atoms. The van der Waals surface area contributed by atoms with Crippen molar-refractivity contribution < 1.29 is 4.79 Å². The smallest absolute Gasteiger partial charge is 0.228 e. The van der Waals surface area contributed by atoms with Crippen LogP contribution in [0.1, 0.15) is 30.9 Å². The van der Waals surface area contributed by atoms with E-state index in [1.165, 1.54) is 0 Å². The van der Waals surface area contributed by atoms with Crippen molar-refractivity contribution in [3.8, 4) is 23.0 Å². The van der Waals surface area contributed by atoms with Crippen molar-refractivity contribution in [2.45, 2.75) is 32.2 Å². The molecule has 0 unspecified atom stereocenters. The van der Waals surface area contributed by atoms with Gasteiger partial charge in [0, 0.05) is 42.1 Å². The van der Waals surface area contributed by atoms with Crippen molar-refractivity contribution in [1.29, 1.82) is 5.26 Å². The van der Waals surface area contributed by atoms with Gasteiger partial charge in [0.15, 0.2) is 0 Å². The van der Waals surface area contributed by atoms with Gasteiger partial charge < -0.3 is 15.1 Å². The number of aromatic nitrogens is 4. The predicted octanol–water partition coefficient (Wildman–Crippen LogP) is 5.22. The summed E-state index contributed by atoms with van der Waals surface area (Å²) in [7, 11) is 4.03. The van der Waals surface area contributed by atoms with Crippen LogP contribution in [0.4, 0.5) is 17.3 Å². The summed E-state index contributed by atoms with van der Waals surface area (Å²) in [6.45, 7) is 2.75. The lowest BCUT2D eigenvalue weighted by Gasteiger charge is -2.34. The van der Waals surface area contributed by atoms with Crippen LogP contribution in [0, 0.1) is 11.3 Å². The molecule has 0 saturated carbocycles. The maximum absolute atomic E-state index is 12.7. The number of nitrogens with zero attached hydrogens (tertiary/aromatic N) is 7. The largest absolute Gasteiger partial charge is 0.324 e. The van der Waals surface area contributed by atoms with Gasteiger partial charge in [-0.25, -0.2) is 14.6 Å². The Labute approximate surface area is 232 Å². The number of hydrogen-bond donors (Lipinski definition) is 1. The van der Waals surface area contributed by atoms with Gasteiger partial charge in [-0.1, -0.05) is 18.5 Å². The van der Waals surface area contributed by atoms with Crippen molar-refractivity contribution in [2.24, 2.45) is 0 Å². The zero-order valence-electron chi connectivity index (χ0n) is 22.1. The zero-order valence-corrected chi connectivity index (χ0v) is 22.9. The highest BCUT2D eigenvalue weighted by atomic mass is 35.5. The van der Waals surface area contributed by atoms with E-state index in [2.05, 4.69) is 31.4 Å². The summed E-state index contributed by atoms with van der Waals surface area (Å²) in [6.07, 6.45) is 7.37. The van der Waals surface area contributed by atoms with E-state index in [0.29, 0.717) is 35.2 Å². The van der Waals surface area contributed by atoms with Gasteiger partial charge in [-0.05, 0) is 75.0 Å². The Morgan fingerprint density at radius 2 is 1.97 bits per heavy atom. The van der Waals surface area contributed by atoms with E-state index in [1.54, 1.807) is 23.1 Å². The standard InChI is InChI=1S/C29H29ClN8O/c1-4-20-13-19(15-31)5-10-26(20)38-18-21(16-33-38)28-25(30)17-32-29(35-28)34-22-6-8-23(9-7-22)37-12-11-24(36(2)3)14-27(37)39/h5-10,13,16-18,24H,4,11-12,14H2,1-3H3,(H,32,34,35)/t24-/m0/s1. The minimum absolute atomic E-state index is 0.138. The molecule has 1 N–H and O–H groups in total. The van der Waals surface area contributed by atoms with E-state index in [4.69, 9.17) is 11.6 Å². The number of nitrogens with one attached hydrogen (secondary N) is 1. The Hall–Kier alpha value is -4.26. The Morgan fingerprint density at radius 1 is 1.18 bits per heavy atom. The molecule has 2 aromatic carbocycles. The van der Waals surface area contributed by atoms with Gasteiger partial charge >= 0.3 is 0 Å². The number of halogens is 1. The first kappa shape index (κ1) is 26.4. The van der Waals surface area contributed by atoms with Gasteiger partial charge in [-0.3, -0.25) is 4.79 Å². The molecule has 1 fully saturated rings. The fourth-order valence-electron chi connectivity index (χ4n) is 4.75. The molecule has 1 saturated heterocycles. The van der Waals surface area contributed by atoms with Crippen LogP contribution in [-0.4, -0.2) is 57.2 Å². The molecular weight excluding hydrogens is 512 g/mol. The minimum atomic E-state index is 0.138. The fraction of sp³-hybridized carbons (Fsp3) is 0.276. The second-order valence-corrected chi connectivity index (χ2v) is 10.1. The number of carbonyl (C=O) groups is 1. The van der Waals surface area contributed by atoms with Crippen LogP contribution in [0.5, 0.6) is 0 Å². The molecule has 0 spiro atoms. The highest BCUT2D eigenvalue weighted by Gasteiger charge is 2.27. The third kappa shape index (κ3) is 5.62. The van der Waals surface area contributed by atoms with Gasteiger partial charge in [0.05, 0.1) is 40.4 Å². The van der Waals surface area contributed by atoms with Crippen molar-refractivity contribution >= 4 is 34.8 Å². The van der Waals surface area contributed by atoms with Crippen LogP contribution in [0.25, 0.3) is 16.9 Å². The van der Waals surface area contributed by atoms with Crippen LogP contribution in [0.3, 0.4) is 0 Å². The quantitative estimate of drug-likeness (QED) is 0.343. The highest BCUT2D eigenvalue weighted by molar-refractivity contribution is 6.32. The fourth-order valence-corrected chi connectivity index (χ4v) is 4.95. The maximum Gasteiger partial charge on any atom is 0.228 e. The van der Waals surface area contributed by atoms with E-state index < -0.39 is 0 Å². The number of benzene rings is 2. The SMILES string of the molecule is CCc1cc(C#N)ccc1-n1cc(-c2nc(Nc3ccc(N4CC[C@H](N(C)C)CC4=O)cc3)ncc2Cl)cn1. The monoisotopic (exact) mass is 540 g/mol. The molecule has 4 aromatic rings. The van der Waals surface area contributed by atoms with E-state index >= 15 is 0 Å². The van der Waals surface area contributed by atoms with Gasteiger partial charge in [-0.2, -0.15) is 10.4 Å². The summed E-state index contributed by atoms with van der Waals surface area (Å²) in [4.78, 5) is 25.6. The minimum Gasteiger partial charge on any atom is -0.324 e. The molecule has 0 radical (unpaired) electrons. The number of anilines is 3. The van der Waals surface area contributed by atoms with Crippen molar-refractivity contribution in [3.05, 3.63) is 77.2 Å². The number of hydrogen-bond acceptors (Lipinski definition) is 7. The summed E-state index contributed by atoms with van der Waals surface area (Å²) in [6, 6.07) is 15.7. The number of amides is 1. The molecule has 10 heteroatoms. The normalized spacial score (nSPS) is 15.4. The molecule has 5 rings (SSSR count). The number of carbonyl (C=O) groups excluding carboxylic acids is 1. The van der Waals surface area contributed by atoms with Crippen molar-refractivity contribution in [1.82, 2.24) is 24.6 Å². The molecule has 1 aliphatic rings. The van der Waals surface area contributed by atoms with Gasteiger partial charge in [0.25, 0.3) is 0 Å². The Kier molecular flexibility index (Phi) is 7.59. The summed E-state index contributed by atoms with van der Waals surface area (Å²) in [5, 5.41) is 17.4. The molecule has 3 heterocycles. The first-order valence-electron chi connectivity index (χ1n) is 12.8. The van der Waals surface area contributed by atoms with Crippen LogP contribution in [0.2, 0.25) is 5.02 Å². The predicted molar refractivity (Wildman–Crippen MR) is 152 cm³/mol. The lowest BCUT2D eigenvalue weighted by molar-refractivity contribution is -0.120. The van der Waals surface area contributed by atoms with Crippen LogP contribution >= 0.6 is 11.6 Å². The third-order valence-corrected chi connectivity index (χ3v) is 7.28. The molecule has 2 aromatic heterocycles. The lowest BCUT2D eigenvalue weighted by atomic mass is 10.0. The zero-order chi connectivity index (χ0) is 27.5. The summed E-state index contributed by atoms with van der Waals surface area (Å²) >= 11 is 6.47. The van der Waals surface area contributed by atoms with Crippen molar-refractivity contribution in [2.75, 3.05) is 30.9 Å². The molecule has 9 nitrogen and oxygen atoms in total. The number of nitriles is 1. The molecule has 1 amide bonds. The van der Waals surface area contributed by atoms with Gasteiger partial charge in [-0.15, -0.1) is 0 Å². The first-order valence-corrected chi connectivity index (χ1v) is 13.2. The first-order chi connectivity index (χ1) is 18.9. The molecule has 1 atom stereocenters. The average molecular weight is 541 g/mol. The Balaban J connectivity index is 1.33. The molecule has 1 aliphatic heterocycles. The summed E-state index contributed by atoms with van der Waals surface area (Å²) in [5.41, 5.74) is 5.50. The number of rotatable bonds is 7. The van der Waals surface area contributed by atoms with Crippen LogP contribution < -0.4 is 10.2 Å². The number of aryl methyl sites for hydroxylation is 1. The summed E-state index contributed by atoms with van der Waals surface area (Å²) < 4.78 is 1.77. The Morgan fingerprint density at radius 3 is 2.67 bits per heavy atom. The maximum atomic E-state index is 12.7. The van der Waals surface area contributed by atoms with E-state index in [0.717, 1.165) is 41.0 Å². The Bertz CT molecular complexity index is 1540. The van der Waals surface area contributed by atoms with E-state index in [1.807, 2.05) is 68.5 Å². The molecule has 0 bridgehead atoms. The van der Waals surface area contributed by atoms with Crippen molar-refractivity contribution in [3.63, 3.8) is 0 Å². The van der Waals surface area contributed by atoms with Gasteiger partial charge in [0.1, 0.15) is 0 Å². The van der Waals surface area contributed by atoms with E-state index in [-0.39, 0.29) is 11.9 Å². The molecular formula is C29H29ClN8O. The topological polar surface area (TPSA) is 103 Å². The van der Waals surface area contributed by atoms with Crippen LogP contribution in [-0.2, 0) is 11.2 Å². The second-order valence-electron chi connectivity index (χ2n) is 9.70. The molecule has 198 valence electrons. The lowest BCUT2D eigenvalue weighted by Crippen LogP contribution is -2.45.